The first-order valence-corrected chi connectivity index (χ1v) is 4.90. The maximum absolute atomic E-state index is 2.45. The van der Waals surface area contributed by atoms with Crippen molar-refractivity contribution < 1.29 is 0 Å². The third-order valence-electron chi connectivity index (χ3n) is 0.650. The second-order valence-electron chi connectivity index (χ2n) is 1.80. The van der Waals surface area contributed by atoms with Crippen molar-refractivity contribution in [2.45, 2.75) is 24.0 Å². The molecule has 0 aromatic carbocycles. The highest BCUT2D eigenvalue weighted by Gasteiger charge is 2.03. The van der Waals surface area contributed by atoms with Gasteiger partial charge < -0.3 is 0 Å². The number of hydrogen-bond donors (Lipinski definition) is 0. The van der Waals surface area contributed by atoms with Crippen LogP contribution in [-0.2, 0) is 0 Å². The normalized spacial score (nSPS) is 13.7. The van der Waals surface area contributed by atoms with Gasteiger partial charge in [0, 0.05) is 3.92 Å². The van der Waals surface area contributed by atoms with Gasteiger partial charge in [-0.15, -0.1) is 0 Å². The van der Waals surface area contributed by atoms with Crippen molar-refractivity contribution in [3.8, 4) is 0 Å². The molecule has 0 fully saturated rings. The van der Waals surface area contributed by atoms with Gasteiger partial charge in [-0.1, -0.05) is 42.7 Å². The highest BCUT2D eigenvalue weighted by molar-refractivity contribution is 14.1. The third kappa shape index (κ3) is 7.52. The minimum absolute atomic E-state index is 0.837. The van der Waals surface area contributed by atoms with Gasteiger partial charge in [0.25, 0.3) is 0 Å². The van der Waals surface area contributed by atoms with Crippen LogP contribution in [0.1, 0.15) is 6.92 Å². The Kier molecular flexibility index (Phi) is 5.37. The van der Waals surface area contributed by atoms with Crippen LogP contribution in [0.15, 0.2) is 0 Å². The summed E-state index contributed by atoms with van der Waals surface area (Å²) in [4.78, 5) is 0. The first-order valence-electron chi connectivity index (χ1n) is 2.41. The number of halogens is 2. The molecular weight excluding hydrogens is 313 g/mol. The summed E-state index contributed by atoms with van der Waals surface area (Å²) >= 11 is 4.91. The lowest BCUT2D eigenvalue weighted by Gasteiger charge is -1.99. The first-order chi connectivity index (χ1) is 3.13. The predicted molar refractivity (Wildman–Crippen MR) is 53.9 cm³/mol. The molecule has 0 amide bonds. The molecule has 1 atom stereocenters. The van der Waals surface area contributed by atoms with Crippen LogP contribution < -0.4 is 0 Å². The molecule has 0 nitrogen and oxygen atoms in total. The zero-order chi connectivity index (χ0) is 5.86. The van der Waals surface area contributed by atoms with Gasteiger partial charge in [-0.25, -0.2) is 0 Å². The van der Waals surface area contributed by atoms with E-state index in [0.717, 1.165) is 8.49 Å². The third-order valence-corrected chi connectivity index (χ3v) is 1.67. The van der Waals surface area contributed by atoms with E-state index in [1.165, 1.54) is 6.32 Å². The molecule has 0 aliphatic carbocycles. The Morgan fingerprint density at radius 1 is 1.71 bits per heavy atom. The fourth-order valence-corrected chi connectivity index (χ4v) is 2.95. The van der Waals surface area contributed by atoms with Crippen molar-refractivity contribution in [2.24, 2.45) is 0 Å². The molecule has 0 radical (unpaired) electrons. The van der Waals surface area contributed by atoms with Gasteiger partial charge in [-0.2, -0.15) is 22.4 Å². The molecule has 0 saturated carbocycles. The van der Waals surface area contributed by atoms with Crippen molar-refractivity contribution in [3.63, 3.8) is 0 Å². The Morgan fingerprint density at radius 2 is 2.14 bits per heavy atom. The second kappa shape index (κ2) is 4.41. The SMILES string of the molecule is CB(I)C[C@H](C)I. The molecule has 7 heavy (non-hydrogen) atoms. The van der Waals surface area contributed by atoms with Crippen LogP contribution in [0, 0.1) is 0 Å². The van der Waals surface area contributed by atoms with Crippen LogP contribution in [0.2, 0.25) is 13.1 Å². The molecule has 0 aliphatic rings. The lowest BCUT2D eigenvalue weighted by atomic mass is 9.77. The lowest BCUT2D eigenvalue weighted by Crippen LogP contribution is -2.00. The van der Waals surface area contributed by atoms with E-state index in [4.69, 9.17) is 0 Å². The van der Waals surface area contributed by atoms with Gasteiger partial charge in [-0.05, 0) is 0 Å². The summed E-state index contributed by atoms with van der Waals surface area (Å²) in [6.07, 6.45) is 1.33. The molecule has 0 rings (SSSR count). The van der Waals surface area contributed by atoms with Crippen LogP contribution in [0.5, 0.6) is 0 Å². The average Bonchev–Trinajstić information content (AvgIpc) is 1.27. The molecule has 0 bridgehead atoms. The summed E-state index contributed by atoms with van der Waals surface area (Å²) in [5, 5.41) is 0. The highest BCUT2D eigenvalue weighted by Crippen LogP contribution is 2.11. The van der Waals surface area contributed by atoms with E-state index in [1.807, 2.05) is 0 Å². The van der Waals surface area contributed by atoms with Gasteiger partial charge in [-0.3, -0.25) is 0 Å². The molecule has 0 aromatic rings. The second-order valence-corrected chi connectivity index (χ2v) is 6.05. The molecular formula is C4H9BI2. The summed E-state index contributed by atoms with van der Waals surface area (Å²) in [5.41, 5.74) is 0. The number of alkyl halides is 1. The Bertz CT molecular complexity index is 39.0. The molecule has 42 valence electrons. The molecule has 0 spiro atoms. The van der Waals surface area contributed by atoms with E-state index in [9.17, 15) is 0 Å². The molecule has 0 aromatic heterocycles. The van der Waals surface area contributed by atoms with E-state index in [1.54, 1.807) is 0 Å². The van der Waals surface area contributed by atoms with E-state index in [0.29, 0.717) is 0 Å². The molecule has 3 heteroatoms. The molecule has 0 saturated heterocycles. The van der Waals surface area contributed by atoms with Crippen molar-refractivity contribution >= 4 is 49.5 Å². The Morgan fingerprint density at radius 3 is 2.14 bits per heavy atom. The maximum Gasteiger partial charge on any atom is 0.215 e. The topological polar surface area (TPSA) is 0 Å². The fourth-order valence-electron chi connectivity index (χ4n) is 0.448. The minimum Gasteiger partial charge on any atom is -0.150 e. The predicted octanol–water partition coefficient (Wildman–Crippen LogP) is 2.87. The van der Waals surface area contributed by atoms with Crippen molar-refractivity contribution in [2.75, 3.05) is 0 Å². The molecule has 0 unspecified atom stereocenters. The smallest absolute Gasteiger partial charge is 0.150 e. The Balaban J connectivity index is 2.95. The van der Waals surface area contributed by atoms with Gasteiger partial charge in [0.15, 0.2) is 0 Å². The standard InChI is InChI=1S/C4H9BI2/c1-4(6)3-5(2)7/h4H,3H2,1-2H3/t4-/m0/s1. The van der Waals surface area contributed by atoms with E-state index < -0.39 is 0 Å². The van der Waals surface area contributed by atoms with Crippen molar-refractivity contribution in [1.82, 2.24) is 0 Å². The van der Waals surface area contributed by atoms with Crippen molar-refractivity contribution in [3.05, 3.63) is 0 Å². The monoisotopic (exact) mass is 322 g/mol. The van der Waals surface area contributed by atoms with Crippen molar-refractivity contribution in [1.29, 1.82) is 0 Å². The minimum atomic E-state index is 0.837. The molecule has 0 N–H and O–H groups in total. The highest BCUT2D eigenvalue weighted by atomic mass is 127. The summed E-state index contributed by atoms with van der Waals surface area (Å²) in [5.74, 6) is 0. The van der Waals surface area contributed by atoms with Crippen LogP contribution >= 0.6 is 45.0 Å². The fraction of sp³-hybridized carbons (Fsp3) is 1.00. The van der Waals surface area contributed by atoms with Crippen LogP contribution in [0.4, 0.5) is 0 Å². The summed E-state index contributed by atoms with van der Waals surface area (Å²) in [6.45, 7) is 4.49. The lowest BCUT2D eigenvalue weighted by molar-refractivity contribution is 1.14. The molecule has 0 aliphatic heterocycles. The number of rotatable bonds is 2. The summed E-state index contributed by atoms with van der Waals surface area (Å²) in [7, 11) is 0. The zero-order valence-corrected chi connectivity index (χ0v) is 8.93. The van der Waals surface area contributed by atoms with E-state index in [-0.39, 0.29) is 0 Å². The van der Waals surface area contributed by atoms with Gasteiger partial charge in [0.1, 0.15) is 0 Å². The molecule has 0 heterocycles. The Labute approximate surface area is 72.9 Å². The maximum atomic E-state index is 2.45. The van der Waals surface area contributed by atoms with E-state index >= 15 is 0 Å². The van der Waals surface area contributed by atoms with Gasteiger partial charge >= 0.3 is 0 Å². The largest absolute Gasteiger partial charge is 0.215 e. The quantitative estimate of drug-likeness (QED) is 0.417. The van der Waals surface area contributed by atoms with Gasteiger partial charge in [0.05, 0.1) is 0 Å². The summed E-state index contributed by atoms with van der Waals surface area (Å²) < 4.78 is 1.67. The average molecular weight is 322 g/mol. The number of hydrogen-bond acceptors (Lipinski definition) is 0. The Hall–Kier alpha value is 1.52. The van der Waals surface area contributed by atoms with Crippen LogP contribution in [0.25, 0.3) is 0 Å². The zero-order valence-electron chi connectivity index (χ0n) is 4.62. The van der Waals surface area contributed by atoms with Gasteiger partial charge in [0.2, 0.25) is 4.57 Å². The van der Waals surface area contributed by atoms with E-state index in [2.05, 4.69) is 58.7 Å². The van der Waals surface area contributed by atoms with Crippen LogP contribution in [0.3, 0.4) is 0 Å². The first kappa shape index (κ1) is 8.52. The van der Waals surface area contributed by atoms with Crippen LogP contribution in [-0.4, -0.2) is 8.49 Å². The summed E-state index contributed by atoms with van der Waals surface area (Å²) in [6, 6.07) is 0.